The average Bonchev–Trinajstić information content (AvgIpc) is 3.42. The molecule has 2 bridgehead atoms. The van der Waals surface area contributed by atoms with Gasteiger partial charge in [0, 0.05) is 56.3 Å². The van der Waals surface area contributed by atoms with Crippen LogP contribution < -0.4 is 5.32 Å². The van der Waals surface area contributed by atoms with Gasteiger partial charge in [-0.05, 0) is 45.6 Å². The Morgan fingerprint density at radius 1 is 1.46 bits per heavy atom. The Morgan fingerprint density at radius 2 is 2.36 bits per heavy atom. The Balaban J connectivity index is 1.28. The van der Waals surface area contributed by atoms with Crippen molar-refractivity contribution >= 4 is 5.91 Å². The highest BCUT2D eigenvalue weighted by atomic mass is 16.5. The van der Waals surface area contributed by atoms with Crippen molar-refractivity contribution in [1.29, 1.82) is 0 Å². The molecule has 0 saturated carbocycles. The number of rotatable bonds is 9. The first-order valence-electron chi connectivity index (χ1n) is 10.9. The highest BCUT2D eigenvalue weighted by Gasteiger charge is 2.62. The molecule has 0 radical (unpaired) electrons. The fourth-order valence-electron chi connectivity index (χ4n) is 5.47. The van der Waals surface area contributed by atoms with Gasteiger partial charge in [-0.1, -0.05) is 12.2 Å². The van der Waals surface area contributed by atoms with Gasteiger partial charge >= 0.3 is 0 Å². The number of nitrogens with zero attached hydrogens (tertiary/aromatic N) is 3. The molecule has 0 unspecified atom stereocenters. The van der Waals surface area contributed by atoms with E-state index in [1.54, 1.807) is 0 Å². The van der Waals surface area contributed by atoms with E-state index >= 15 is 0 Å². The van der Waals surface area contributed by atoms with E-state index in [0.29, 0.717) is 24.4 Å². The van der Waals surface area contributed by atoms with Gasteiger partial charge < -0.3 is 10.1 Å². The molecule has 28 heavy (non-hydrogen) atoms. The van der Waals surface area contributed by atoms with Gasteiger partial charge in [-0.15, -0.1) is 0 Å². The summed E-state index contributed by atoms with van der Waals surface area (Å²) in [5, 5.41) is 7.60. The first kappa shape index (κ1) is 19.6. The number of carbonyl (C=O) groups is 1. The molecule has 1 spiro atoms. The Bertz CT molecular complexity index is 715. The van der Waals surface area contributed by atoms with Gasteiger partial charge in [0.25, 0.3) is 0 Å². The molecule has 1 N–H and O–H groups in total. The summed E-state index contributed by atoms with van der Waals surface area (Å²) in [7, 11) is 0. The summed E-state index contributed by atoms with van der Waals surface area (Å²) in [6.07, 6.45) is 11.2. The predicted molar refractivity (Wildman–Crippen MR) is 109 cm³/mol. The van der Waals surface area contributed by atoms with E-state index in [2.05, 4.69) is 39.1 Å². The van der Waals surface area contributed by atoms with Gasteiger partial charge in [0.15, 0.2) is 0 Å². The molecule has 1 amide bonds. The maximum absolute atomic E-state index is 12.2. The molecule has 3 fully saturated rings. The van der Waals surface area contributed by atoms with Crippen LogP contribution in [-0.2, 0) is 16.1 Å². The smallest absolute Gasteiger partial charge is 0.220 e. The number of likely N-dealkylation sites (tertiary alicyclic amines) is 1. The van der Waals surface area contributed by atoms with Gasteiger partial charge in [0.2, 0.25) is 5.91 Å². The van der Waals surface area contributed by atoms with Crippen LogP contribution in [0.5, 0.6) is 0 Å². The number of hydrogen-bond acceptors (Lipinski definition) is 4. The second-order valence-corrected chi connectivity index (χ2v) is 8.73. The Kier molecular flexibility index (Phi) is 5.88. The van der Waals surface area contributed by atoms with Crippen LogP contribution in [0, 0.1) is 18.8 Å². The van der Waals surface area contributed by atoms with E-state index in [1.807, 2.05) is 19.2 Å². The number of hydrogen-bond donors (Lipinski definition) is 1. The average molecular weight is 387 g/mol. The highest BCUT2D eigenvalue weighted by molar-refractivity contribution is 5.75. The summed E-state index contributed by atoms with van der Waals surface area (Å²) in [6, 6.07) is 2.05. The second kappa shape index (κ2) is 8.37. The number of aryl methyl sites for hydroxylation is 1. The number of carbonyl (C=O) groups excluding carboxylic acids is 1. The fourth-order valence-corrected chi connectivity index (χ4v) is 5.47. The summed E-state index contributed by atoms with van der Waals surface area (Å²) >= 11 is 0. The summed E-state index contributed by atoms with van der Waals surface area (Å²) in [5.74, 6) is 1.20. The number of allylic oxidation sites excluding steroid dienone is 2. The lowest BCUT2D eigenvalue weighted by atomic mass is 9.73. The molecule has 0 aromatic carbocycles. The third kappa shape index (κ3) is 3.90. The molecule has 3 aliphatic heterocycles. The van der Waals surface area contributed by atoms with E-state index in [-0.39, 0.29) is 11.5 Å². The van der Waals surface area contributed by atoms with Gasteiger partial charge in [-0.25, -0.2) is 0 Å². The molecule has 6 nitrogen and oxygen atoms in total. The molecule has 3 aliphatic rings. The molecule has 4 heterocycles. The molecule has 4 rings (SSSR count). The van der Waals surface area contributed by atoms with E-state index in [0.717, 1.165) is 52.0 Å². The Hall–Kier alpha value is -1.66. The molecule has 1 aromatic heterocycles. The zero-order valence-corrected chi connectivity index (χ0v) is 17.3. The Labute approximate surface area is 168 Å². The maximum atomic E-state index is 12.2. The van der Waals surface area contributed by atoms with Crippen molar-refractivity contribution in [2.24, 2.45) is 11.8 Å². The number of ether oxygens (including phenoxy) is 1. The summed E-state index contributed by atoms with van der Waals surface area (Å²) < 4.78 is 8.59. The van der Waals surface area contributed by atoms with Crippen molar-refractivity contribution in [2.75, 3.05) is 26.2 Å². The standard InChI is InChI=1S/C22H34N4O2/c1-3-4-5-6-7-21(27)23-14-18-19-15-25(12-13-26-17(2)9-11-24-26)16-22(19)10-8-20(18)28-22/h3-4,9,11,18-20H,5-8,10,12-16H2,1-2H3,(H,23,27)/t18-,19+,20+,22+/m0/s1. The monoisotopic (exact) mass is 386 g/mol. The van der Waals surface area contributed by atoms with Crippen molar-refractivity contribution in [3.63, 3.8) is 0 Å². The predicted octanol–water partition coefficient (Wildman–Crippen LogP) is 2.53. The van der Waals surface area contributed by atoms with Crippen LogP contribution in [-0.4, -0.2) is 58.5 Å². The highest BCUT2D eigenvalue weighted by Crippen LogP contribution is 2.54. The van der Waals surface area contributed by atoms with E-state index < -0.39 is 0 Å². The van der Waals surface area contributed by atoms with Gasteiger partial charge in [-0.2, -0.15) is 5.10 Å². The second-order valence-electron chi connectivity index (χ2n) is 8.73. The molecule has 3 saturated heterocycles. The summed E-state index contributed by atoms with van der Waals surface area (Å²) in [5.41, 5.74) is 1.25. The first-order chi connectivity index (χ1) is 13.6. The zero-order chi connectivity index (χ0) is 19.6. The minimum atomic E-state index is 0.0329. The SMILES string of the molecule is CC=CCCCC(=O)NC[C@H]1[C@H]2CN(CCn3nccc3C)C[C@]23CC[C@H]1O3. The lowest BCUT2D eigenvalue weighted by Crippen LogP contribution is -2.41. The molecule has 0 aliphatic carbocycles. The number of nitrogens with one attached hydrogen (secondary N) is 1. The number of unbranched alkanes of at least 4 members (excludes halogenated alkanes) is 1. The molecule has 6 heteroatoms. The minimum Gasteiger partial charge on any atom is -0.370 e. The maximum Gasteiger partial charge on any atom is 0.220 e. The lowest BCUT2D eigenvalue weighted by Gasteiger charge is -2.29. The fraction of sp³-hybridized carbons (Fsp3) is 0.727. The van der Waals surface area contributed by atoms with Crippen LogP contribution in [0.15, 0.2) is 24.4 Å². The topological polar surface area (TPSA) is 59.4 Å². The van der Waals surface area contributed by atoms with Crippen LogP contribution >= 0.6 is 0 Å². The zero-order valence-electron chi connectivity index (χ0n) is 17.3. The Morgan fingerprint density at radius 3 is 3.14 bits per heavy atom. The minimum absolute atomic E-state index is 0.0329. The van der Waals surface area contributed by atoms with Gasteiger partial charge in [-0.3, -0.25) is 14.4 Å². The third-order valence-corrected chi connectivity index (χ3v) is 6.96. The first-order valence-corrected chi connectivity index (χ1v) is 10.9. The van der Waals surface area contributed by atoms with Crippen LogP contribution in [0.4, 0.5) is 0 Å². The molecular formula is C22H34N4O2. The summed E-state index contributed by atoms with van der Waals surface area (Å²) in [6.45, 7) is 8.95. The van der Waals surface area contributed by atoms with Crippen molar-refractivity contribution in [1.82, 2.24) is 20.0 Å². The number of amides is 1. The third-order valence-electron chi connectivity index (χ3n) is 6.96. The van der Waals surface area contributed by atoms with Gasteiger partial charge in [0.05, 0.1) is 18.2 Å². The molecular weight excluding hydrogens is 352 g/mol. The lowest BCUT2D eigenvalue weighted by molar-refractivity contribution is -0.121. The van der Waals surface area contributed by atoms with Crippen molar-refractivity contribution in [3.8, 4) is 0 Å². The molecule has 4 atom stereocenters. The molecule has 154 valence electrons. The van der Waals surface area contributed by atoms with Crippen LogP contribution in [0.1, 0.15) is 44.7 Å². The number of aromatic nitrogens is 2. The number of fused-ring (bicyclic) bond motifs is 1. The van der Waals surface area contributed by atoms with Crippen LogP contribution in [0.2, 0.25) is 0 Å². The van der Waals surface area contributed by atoms with Crippen molar-refractivity contribution < 1.29 is 9.53 Å². The van der Waals surface area contributed by atoms with Gasteiger partial charge in [0.1, 0.15) is 0 Å². The largest absolute Gasteiger partial charge is 0.370 e. The van der Waals surface area contributed by atoms with E-state index in [4.69, 9.17) is 4.74 Å². The van der Waals surface area contributed by atoms with Crippen molar-refractivity contribution in [3.05, 3.63) is 30.1 Å². The van der Waals surface area contributed by atoms with E-state index in [1.165, 1.54) is 12.1 Å². The van der Waals surface area contributed by atoms with E-state index in [9.17, 15) is 4.79 Å². The quantitative estimate of drug-likeness (QED) is 0.523. The van der Waals surface area contributed by atoms with Crippen molar-refractivity contribution in [2.45, 2.75) is 64.2 Å². The van der Waals surface area contributed by atoms with Crippen LogP contribution in [0.3, 0.4) is 0 Å². The molecule has 1 aromatic rings. The van der Waals surface area contributed by atoms with Crippen LogP contribution in [0.25, 0.3) is 0 Å². The summed E-state index contributed by atoms with van der Waals surface area (Å²) in [4.78, 5) is 14.7. The normalized spacial score (nSPS) is 31.7.